The Labute approximate surface area is 109 Å². The number of hydrogen-bond acceptors (Lipinski definition) is 3. The molecule has 2 aliphatic rings. The van der Waals surface area contributed by atoms with Gasteiger partial charge in [-0.2, -0.15) is 0 Å². The Morgan fingerprint density at radius 3 is 2.44 bits per heavy atom. The first kappa shape index (κ1) is 12.2. The zero-order chi connectivity index (χ0) is 12.4. The van der Waals surface area contributed by atoms with E-state index in [1.807, 2.05) is 0 Å². The van der Waals surface area contributed by atoms with Crippen molar-refractivity contribution in [2.75, 3.05) is 19.6 Å². The van der Waals surface area contributed by atoms with Gasteiger partial charge >= 0.3 is 0 Å². The third-order valence-corrected chi connectivity index (χ3v) is 4.14. The van der Waals surface area contributed by atoms with Gasteiger partial charge in [-0.25, -0.2) is 0 Å². The van der Waals surface area contributed by atoms with E-state index in [2.05, 4.69) is 35.2 Å². The predicted molar refractivity (Wildman–Crippen MR) is 72.3 cm³/mol. The first-order chi connectivity index (χ1) is 8.86. The van der Waals surface area contributed by atoms with Gasteiger partial charge in [-0.1, -0.05) is 30.3 Å². The molecule has 98 valence electrons. The standard InChI is InChI=1S/C15H22N2O/c16-9-8-15(12-4-2-1-3-5-12)17-10-13-6-7-14(11-17)18-13/h1-5,13-15H,6-11,16H2. The highest BCUT2D eigenvalue weighted by Crippen LogP contribution is 2.33. The summed E-state index contributed by atoms with van der Waals surface area (Å²) in [7, 11) is 0. The molecule has 1 aromatic carbocycles. The summed E-state index contributed by atoms with van der Waals surface area (Å²) in [5.74, 6) is 0. The molecule has 2 N–H and O–H groups in total. The van der Waals surface area contributed by atoms with E-state index in [4.69, 9.17) is 10.5 Å². The first-order valence-corrected chi connectivity index (χ1v) is 7.01. The summed E-state index contributed by atoms with van der Waals surface area (Å²) in [6.45, 7) is 2.87. The number of morpholine rings is 1. The molecule has 0 saturated carbocycles. The molecule has 0 aliphatic carbocycles. The highest BCUT2D eigenvalue weighted by atomic mass is 16.5. The second-order valence-corrected chi connectivity index (χ2v) is 5.42. The van der Waals surface area contributed by atoms with Crippen molar-refractivity contribution in [1.29, 1.82) is 0 Å². The highest BCUT2D eigenvalue weighted by molar-refractivity contribution is 5.19. The van der Waals surface area contributed by atoms with Crippen molar-refractivity contribution in [2.24, 2.45) is 5.73 Å². The van der Waals surface area contributed by atoms with E-state index in [0.717, 1.165) is 26.1 Å². The van der Waals surface area contributed by atoms with Gasteiger partial charge in [0.1, 0.15) is 0 Å². The molecule has 0 amide bonds. The molecular formula is C15H22N2O. The number of ether oxygens (including phenoxy) is 1. The van der Waals surface area contributed by atoms with Gasteiger partial charge in [0.05, 0.1) is 12.2 Å². The summed E-state index contributed by atoms with van der Waals surface area (Å²) in [5, 5.41) is 0. The van der Waals surface area contributed by atoms with E-state index in [0.29, 0.717) is 18.2 Å². The first-order valence-electron chi connectivity index (χ1n) is 7.01. The minimum Gasteiger partial charge on any atom is -0.372 e. The normalized spacial score (nSPS) is 29.4. The molecular weight excluding hydrogens is 224 g/mol. The lowest BCUT2D eigenvalue weighted by Gasteiger charge is -2.38. The summed E-state index contributed by atoms with van der Waals surface area (Å²) in [5.41, 5.74) is 7.19. The van der Waals surface area contributed by atoms with Crippen LogP contribution in [0.4, 0.5) is 0 Å². The van der Waals surface area contributed by atoms with Gasteiger partial charge in [-0.05, 0) is 31.4 Å². The third kappa shape index (κ3) is 2.44. The lowest BCUT2D eigenvalue weighted by atomic mass is 10.0. The van der Waals surface area contributed by atoms with Gasteiger partial charge < -0.3 is 10.5 Å². The van der Waals surface area contributed by atoms with Crippen molar-refractivity contribution in [3.63, 3.8) is 0 Å². The number of likely N-dealkylation sites (tertiary alicyclic amines) is 1. The number of benzene rings is 1. The fourth-order valence-corrected chi connectivity index (χ4v) is 3.29. The third-order valence-electron chi connectivity index (χ3n) is 4.14. The van der Waals surface area contributed by atoms with E-state index in [9.17, 15) is 0 Å². The summed E-state index contributed by atoms with van der Waals surface area (Å²) in [6.07, 6.45) is 4.39. The Balaban J connectivity index is 1.77. The Bertz CT molecular complexity index is 369. The number of fused-ring (bicyclic) bond motifs is 2. The van der Waals surface area contributed by atoms with Crippen molar-refractivity contribution in [3.05, 3.63) is 35.9 Å². The zero-order valence-electron chi connectivity index (χ0n) is 10.8. The second-order valence-electron chi connectivity index (χ2n) is 5.42. The van der Waals surface area contributed by atoms with Crippen molar-refractivity contribution >= 4 is 0 Å². The molecule has 2 aliphatic heterocycles. The van der Waals surface area contributed by atoms with Gasteiger partial charge in [0, 0.05) is 19.1 Å². The topological polar surface area (TPSA) is 38.5 Å². The maximum Gasteiger partial charge on any atom is 0.0707 e. The molecule has 1 aromatic rings. The number of rotatable bonds is 4. The van der Waals surface area contributed by atoms with Crippen LogP contribution in [0.5, 0.6) is 0 Å². The van der Waals surface area contributed by atoms with Crippen LogP contribution in [0.1, 0.15) is 30.9 Å². The van der Waals surface area contributed by atoms with Gasteiger partial charge in [0.25, 0.3) is 0 Å². The maximum absolute atomic E-state index is 5.92. The van der Waals surface area contributed by atoms with Crippen LogP contribution in [0.25, 0.3) is 0 Å². The fourth-order valence-electron chi connectivity index (χ4n) is 3.29. The minimum absolute atomic E-state index is 0.452. The SMILES string of the molecule is NCCC(c1ccccc1)N1CC2CCC(C1)O2. The van der Waals surface area contributed by atoms with Gasteiger partial charge in [0.15, 0.2) is 0 Å². The second kappa shape index (κ2) is 5.39. The zero-order valence-corrected chi connectivity index (χ0v) is 10.8. The number of nitrogens with zero attached hydrogens (tertiary/aromatic N) is 1. The molecule has 0 spiro atoms. The van der Waals surface area contributed by atoms with Gasteiger partial charge in [-0.3, -0.25) is 4.90 Å². The van der Waals surface area contributed by atoms with Crippen LogP contribution < -0.4 is 5.73 Å². The molecule has 2 saturated heterocycles. The van der Waals surface area contributed by atoms with Crippen LogP contribution in [-0.2, 0) is 4.74 Å². The Hall–Kier alpha value is -0.900. The van der Waals surface area contributed by atoms with Crippen LogP contribution in [0.3, 0.4) is 0 Å². The molecule has 18 heavy (non-hydrogen) atoms. The summed E-state index contributed by atoms with van der Waals surface area (Å²) < 4.78 is 5.92. The quantitative estimate of drug-likeness (QED) is 0.882. The Morgan fingerprint density at radius 1 is 1.17 bits per heavy atom. The van der Waals surface area contributed by atoms with Crippen molar-refractivity contribution in [3.8, 4) is 0 Å². The number of hydrogen-bond donors (Lipinski definition) is 1. The van der Waals surface area contributed by atoms with Gasteiger partial charge in [0.2, 0.25) is 0 Å². The molecule has 2 fully saturated rings. The smallest absolute Gasteiger partial charge is 0.0707 e. The highest BCUT2D eigenvalue weighted by Gasteiger charge is 2.36. The van der Waals surface area contributed by atoms with Gasteiger partial charge in [-0.15, -0.1) is 0 Å². The molecule has 2 heterocycles. The average molecular weight is 246 g/mol. The Morgan fingerprint density at radius 2 is 1.83 bits per heavy atom. The lowest BCUT2D eigenvalue weighted by Crippen LogP contribution is -2.44. The molecule has 2 bridgehead atoms. The lowest BCUT2D eigenvalue weighted by molar-refractivity contribution is -0.0541. The van der Waals surface area contributed by atoms with Crippen LogP contribution in [0.15, 0.2) is 30.3 Å². The van der Waals surface area contributed by atoms with E-state index >= 15 is 0 Å². The largest absolute Gasteiger partial charge is 0.372 e. The predicted octanol–water partition coefficient (Wildman–Crippen LogP) is 1.94. The van der Waals surface area contributed by atoms with E-state index in [1.165, 1.54) is 18.4 Å². The van der Waals surface area contributed by atoms with Crippen LogP contribution >= 0.6 is 0 Å². The Kier molecular flexibility index (Phi) is 3.64. The molecule has 3 atom stereocenters. The van der Waals surface area contributed by atoms with Crippen molar-refractivity contribution in [1.82, 2.24) is 4.90 Å². The van der Waals surface area contributed by atoms with E-state index in [1.54, 1.807) is 0 Å². The summed E-state index contributed by atoms with van der Waals surface area (Å²) in [6, 6.07) is 11.2. The molecule has 3 unspecified atom stereocenters. The van der Waals surface area contributed by atoms with Crippen molar-refractivity contribution < 1.29 is 4.74 Å². The van der Waals surface area contributed by atoms with Crippen LogP contribution in [0.2, 0.25) is 0 Å². The molecule has 3 heteroatoms. The molecule has 3 rings (SSSR count). The van der Waals surface area contributed by atoms with E-state index in [-0.39, 0.29) is 0 Å². The fraction of sp³-hybridized carbons (Fsp3) is 0.600. The van der Waals surface area contributed by atoms with Crippen LogP contribution in [0, 0.1) is 0 Å². The summed E-state index contributed by atoms with van der Waals surface area (Å²) in [4.78, 5) is 2.58. The molecule has 3 nitrogen and oxygen atoms in total. The summed E-state index contributed by atoms with van der Waals surface area (Å²) >= 11 is 0. The maximum atomic E-state index is 5.92. The average Bonchev–Trinajstić information content (AvgIpc) is 2.76. The molecule has 0 radical (unpaired) electrons. The number of nitrogens with two attached hydrogens (primary N) is 1. The van der Waals surface area contributed by atoms with Crippen LogP contribution in [-0.4, -0.2) is 36.7 Å². The molecule has 0 aromatic heterocycles. The van der Waals surface area contributed by atoms with Crippen molar-refractivity contribution in [2.45, 2.75) is 37.5 Å². The monoisotopic (exact) mass is 246 g/mol. The van der Waals surface area contributed by atoms with E-state index < -0.39 is 0 Å². The minimum atomic E-state index is 0.452.